The Bertz CT molecular complexity index is 2090. The van der Waals surface area contributed by atoms with Crippen LogP contribution in [0.4, 0.5) is 4.79 Å². The van der Waals surface area contributed by atoms with Crippen LogP contribution in [0.1, 0.15) is 346 Å². The number of esters is 1. The number of hydrogen-bond acceptors (Lipinski definition) is 7. The number of rotatable bonds is 33. The number of alkyl carbamates (subject to hydrolysis) is 1. The Hall–Kier alpha value is -1.28. The van der Waals surface area contributed by atoms with Gasteiger partial charge in [0.25, 0.3) is 0 Å². The second-order valence-corrected chi connectivity index (χ2v) is 32.3. The van der Waals surface area contributed by atoms with E-state index in [-0.39, 0.29) is 71.1 Å². The third kappa shape index (κ3) is 11.5. The van der Waals surface area contributed by atoms with Crippen LogP contribution in [0.3, 0.4) is 0 Å². The number of amides is 1. The first-order valence-corrected chi connectivity index (χ1v) is 35.4. The molecule has 0 aromatic heterocycles. The molecular formula is C74H147N3O4S. The van der Waals surface area contributed by atoms with Gasteiger partial charge in [-0.05, 0) is 230 Å². The van der Waals surface area contributed by atoms with Gasteiger partial charge < -0.3 is 9.47 Å². The van der Waals surface area contributed by atoms with Crippen molar-refractivity contribution in [3.63, 3.8) is 0 Å². The minimum absolute atomic E-state index is 0.00171. The molecule has 8 heteroatoms. The summed E-state index contributed by atoms with van der Waals surface area (Å²) in [5, 5.41) is 3.32. The molecule has 15 unspecified atom stereocenters. The largest absolute Gasteiger partial charge is 0.458 e. The summed E-state index contributed by atoms with van der Waals surface area (Å²) in [5.74, 6) is -0.380. The Morgan fingerprint density at radius 3 is 0.744 bits per heavy atom. The summed E-state index contributed by atoms with van der Waals surface area (Å²) >= 11 is 1.33. The third-order valence-electron chi connectivity index (χ3n) is 30.1. The lowest BCUT2D eigenvalue weighted by molar-refractivity contribution is -0.296. The van der Waals surface area contributed by atoms with E-state index < -0.39 is 33.7 Å². The van der Waals surface area contributed by atoms with Crippen LogP contribution in [0, 0.1) is 70.4 Å². The van der Waals surface area contributed by atoms with E-state index >= 15 is 4.79 Å². The van der Waals surface area contributed by atoms with Gasteiger partial charge in [0.2, 0.25) is 0 Å². The molecule has 488 valence electrons. The van der Waals surface area contributed by atoms with Gasteiger partial charge in [-0.2, -0.15) is 0 Å². The molecule has 1 N–H and O–H groups in total. The summed E-state index contributed by atoms with van der Waals surface area (Å²) in [6, 6.07) is 0. The van der Waals surface area contributed by atoms with Crippen molar-refractivity contribution in [2.75, 3.05) is 19.3 Å². The summed E-state index contributed by atoms with van der Waals surface area (Å²) in [6.07, 6.45) is 15.4. The fraction of sp³-hybridized carbons (Fsp3) is 0.959. The van der Waals surface area contributed by atoms with E-state index in [1.165, 1.54) is 11.8 Å². The molecular weight excluding hydrogens is 1030 g/mol. The third-order valence-corrected chi connectivity index (χ3v) is 30.7. The van der Waals surface area contributed by atoms with Gasteiger partial charge >= 0.3 is 12.1 Å². The van der Waals surface area contributed by atoms with Gasteiger partial charge in [-0.15, -0.1) is 0 Å². The predicted molar refractivity (Wildman–Crippen MR) is 365 cm³/mol. The SMILES string of the molecule is CCN(CC)C(C)(CC)C(C)(CC)C(C)(CC)C(C)(CC)C(C)(CC)C(C)(CC)C(C)(CC)C(C)(CC)C(C)(CC)C(C)(CC)C(C)(CC)C(C)(CC)C(C)(CC)C(C)(CC)C(C)(/N=C(/NC(=O)OC(C)(C)C)SC)C(=O)OC(C)(C)C. The molecule has 15 atom stereocenters. The Kier molecular flexibility index (Phi) is 27.2. The predicted octanol–water partition coefficient (Wildman–Crippen LogP) is 23.3. The molecule has 1 amide bonds. The maximum Gasteiger partial charge on any atom is 0.413 e. The summed E-state index contributed by atoms with van der Waals surface area (Å²) in [7, 11) is 0. The molecule has 0 aromatic carbocycles. The Morgan fingerprint density at radius 2 is 0.561 bits per heavy atom. The lowest BCUT2D eigenvalue weighted by Gasteiger charge is -2.78. The van der Waals surface area contributed by atoms with Crippen molar-refractivity contribution in [3.8, 4) is 0 Å². The highest BCUT2D eigenvalue weighted by Crippen LogP contribution is 2.82. The molecule has 0 fully saturated rings. The van der Waals surface area contributed by atoms with Crippen LogP contribution in [0.5, 0.6) is 0 Å². The van der Waals surface area contributed by atoms with Gasteiger partial charge in [-0.3, -0.25) is 10.2 Å². The number of nitrogens with zero attached hydrogens (tertiary/aromatic N) is 2. The topological polar surface area (TPSA) is 80.2 Å². The number of hydrogen-bond donors (Lipinski definition) is 1. The normalized spacial score (nSPS) is 24.4. The Morgan fingerprint density at radius 1 is 0.341 bits per heavy atom. The quantitative estimate of drug-likeness (QED) is 0.0401. The maximum absolute atomic E-state index is 15.6. The summed E-state index contributed by atoms with van der Waals surface area (Å²) in [4.78, 5) is 37.6. The Balaban J connectivity index is 9.77. The van der Waals surface area contributed by atoms with E-state index in [4.69, 9.17) is 14.5 Å². The first-order chi connectivity index (χ1) is 37.0. The molecule has 0 saturated carbocycles. The van der Waals surface area contributed by atoms with E-state index in [1.54, 1.807) is 0 Å². The van der Waals surface area contributed by atoms with Crippen molar-refractivity contribution in [1.82, 2.24) is 10.2 Å². The Labute approximate surface area is 518 Å². The minimum Gasteiger partial charge on any atom is -0.458 e. The van der Waals surface area contributed by atoms with E-state index in [0.717, 1.165) is 96.6 Å². The van der Waals surface area contributed by atoms with Crippen LogP contribution >= 0.6 is 11.8 Å². The van der Waals surface area contributed by atoms with Crippen molar-refractivity contribution in [2.45, 2.75) is 368 Å². The number of carbonyl (C=O) groups is 2. The molecule has 0 bridgehead atoms. The lowest BCUT2D eigenvalue weighted by Crippen LogP contribution is -2.73. The van der Waals surface area contributed by atoms with Crippen LogP contribution in [0.2, 0.25) is 0 Å². The molecule has 0 aliphatic rings. The maximum atomic E-state index is 15.6. The fourth-order valence-electron chi connectivity index (χ4n) is 21.3. The van der Waals surface area contributed by atoms with Gasteiger partial charge in [-0.1, -0.05) is 213 Å². The van der Waals surface area contributed by atoms with Crippen molar-refractivity contribution < 1.29 is 19.1 Å². The van der Waals surface area contributed by atoms with Crippen LogP contribution < -0.4 is 5.32 Å². The first kappa shape index (κ1) is 80.7. The number of carbonyl (C=O) groups excluding carboxylic acids is 2. The van der Waals surface area contributed by atoms with Crippen LogP contribution in [-0.4, -0.2) is 63.8 Å². The van der Waals surface area contributed by atoms with Gasteiger partial charge in [0.15, 0.2) is 10.7 Å². The molecule has 0 rings (SSSR count). The molecule has 0 aliphatic carbocycles. The van der Waals surface area contributed by atoms with Gasteiger partial charge in [-0.25, -0.2) is 14.6 Å². The smallest absolute Gasteiger partial charge is 0.413 e. The number of nitrogens with one attached hydrogen (secondary N) is 1. The molecule has 7 nitrogen and oxygen atoms in total. The van der Waals surface area contributed by atoms with Gasteiger partial charge in [0.05, 0.1) is 0 Å². The molecule has 0 radical (unpaired) electrons. The van der Waals surface area contributed by atoms with E-state index in [0.29, 0.717) is 11.6 Å². The van der Waals surface area contributed by atoms with Gasteiger partial charge in [0, 0.05) is 11.0 Å². The molecule has 82 heavy (non-hydrogen) atoms. The minimum atomic E-state index is -1.44. The van der Waals surface area contributed by atoms with Crippen LogP contribution in [0.15, 0.2) is 4.99 Å². The van der Waals surface area contributed by atoms with E-state index in [1.807, 2.05) is 54.7 Å². The molecule has 0 spiro atoms. The summed E-state index contributed by atoms with van der Waals surface area (Å²) in [6.45, 7) is 93.0. The molecule has 0 aromatic rings. The number of ether oxygens (including phenoxy) is 2. The highest BCUT2D eigenvalue weighted by Gasteiger charge is 2.77. The van der Waals surface area contributed by atoms with Crippen molar-refractivity contribution in [1.29, 1.82) is 0 Å². The fourth-order valence-corrected chi connectivity index (χ4v) is 21.8. The van der Waals surface area contributed by atoms with Crippen LogP contribution in [-0.2, 0) is 14.3 Å². The zero-order valence-electron chi connectivity index (χ0n) is 62.7. The van der Waals surface area contributed by atoms with E-state index in [9.17, 15) is 4.79 Å². The number of amidine groups is 1. The van der Waals surface area contributed by atoms with Crippen LogP contribution in [0.25, 0.3) is 0 Å². The first-order valence-electron chi connectivity index (χ1n) is 34.2. The summed E-state index contributed by atoms with van der Waals surface area (Å²) in [5.41, 5.74) is -5.99. The van der Waals surface area contributed by atoms with Crippen molar-refractivity contribution in [3.05, 3.63) is 0 Å². The average Bonchev–Trinajstić information content (AvgIpc) is 3.44. The second-order valence-electron chi connectivity index (χ2n) is 31.5. The molecule has 0 saturated heterocycles. The standard InChI is InChI=1S/C74H147N3O4S/c1-39-60(23,61(24,40-2)63(26,42-4)65(28,44-6)67(30,46-8)69(32,48-10)71(34,50-12)73(36,52-14)77(53-15)54-16)62(25,41-3)64(27,43-5)66(29,45-7)68(31,47-9)70(33,49-11)72(35,51-13)74(37,55(78)80-58(17,18)19)76-56(82-38)75-57(79)81-59(20,21)22/h39-54H2,1-38H3,(H,75,76,79). The number of aliphatic imine (C=N–C) groups is 1. The highest BCUT2D eigenvalue weighted by atomic mass is 32.2. The monoisotopic (exact) mass is 1170 g/mol. The number of thioether (sulfide) groups is 1. The van der Waals surface area contributed by atoms with Gasteiger partial charge in [0.1, 0.15) is 11.2 Å². The average molecular weight is 1180 g/mol. The second kappa shape index (κ2) is 27.6. The van der Waals surface area contributed by atoms with Crippen molar-refractivity contribution >= 4 is 29.0 Å². The molecule has 0 aliphatic heterocycles. The molecule has 0 heterocycles. The lowest BCUT2D eigenvalue weighted by atomic mass is 9.27. The zero-order chi connectivity index (χ0) is 65.7. The zero-order valence-corrected chi connectivity index (χ0v) is 63.6. The van der Waals surface area contributed by atoms with E-state index in [2.05, 4.69) is 218 Å². The highest BCUT2D eigenvalue weighted by molar-refractivity contribution is 8.13. The van der Waals surface area contributed by atoms with Crippen molar-refractivity contribution in [2.24, 2.45) is 75.4 Å². The summed E-state index contributed by atoms with van der Waals surface area (Å²) < 4.78 is 12.4.